The minimum Gasteiger partial charge on any atom is -0.307 e. The summed E-state index contributed by atoms with van der Waals surface area (Å²) in [5.41, 5.74) is 2.85. The molecule has 0 amide bonds. The Hall–Kier alpha value is -0.820. The molecule has 0 saturated carbocycles. The van der Waals surface area contributed by atoms with Gasteiger partial charge in [-0.15, -0.1) is 0 Å². The van der Waals surface area contributed by atoms with Crippen molar-refractivity contribution >= 4 is 5.69 Å². The molecule has 0 atom stereocenters. The Bertz CT molecular complexity index is 261. The van der Waals surface area contributed by atoms with E-state index in [1.54, 1.807) is 0 Å². The summed E-state index contributed by atoms with van der Waals surface area (Å²) in [4.78, 5) is 1.40. The first-order valence-electron chi connectivity index (χ1n) is 6.13. The van der Waals surface area contributed by atoms with E-state index in [-0.39, 0.29) is 0 Å². The molecule has 1 nitrogen and oxygen atoms in total. The fourth-order valence-electron chi connectivity index (χ4n) is 1.76. The summed E-state index contributed by atoms with van der Waals surface area (Å²) in [7, 11) is 4.33. The predicted molar refractivity (Wildman–Crippen MR) is 66.8 cm³/mol. The van der Waals surface area contributed by atoms with Gasteiger partial charge < -0.3 is 4.90 Å². The molecule has 0 fully saturated rings. The van der Waals surface area contributed by atoms with Crippen molar-refractivity contribution in [3.05, 3.63) is 29.8 Å². The molecule has 0 saturated heterocycles. The lowest BCUT2D eigenvalue weighted by Gasteiger charge is -2.07. The van der Waals surface area contributed by atoms with Crippen LogP contribution in [-0.2, 0) is 6.42 Å². The van der Waals surface area contributed by atoms with E-state index in [9.17, 15) is 0 Å². The van der Waals surface area contributed by atoms with Gasteiger partial charge in [-0.2, -0.15) is 0 Å². The molecule has 84 valence electrons. The lowest BCUT2D eigenvalue weighted by Crippen LogP contribution is -3.00. The first-order chi connectivity index (χ1) is 7.24. The zero-order valence-corrected chi connectivity index (χ0v) is 10.3. The van der Waals surface area contributed by atoms with E-state index in [0.29, 0.717) is 0 Å². The van der Waals surface area contributed by atoms with E-state index in [1.807, 2.05) is 0 Å². The van der Waals surface area contributed by atoms with E-state index in [1.165, 1.54) is 48.3 Å². The maximum atomic E-state index is 2.27. The minimum absolute atomic E-state index is 1.24. The average molecular weight is 206 g/mol. The molecule has 0 spiro atoms. The molecule has 1 aromatic carbocycles. The van der Waals surface area contributed by atoms with Crippen LogP contribution < -0.4 is 4.90 Å². The summed E-state index contributed by atoms with van der Waals surface area (Å²) >= 11 is 0. The number of unbranched alkanes of at least 4 members (excludes halogenated alkanes) is 3. The number of hydrogen-bond donors (Lipinski definition) is 1. The Kier molecular flexibility index (Phi) is 5.41. The Morgan fingerprint density at radius 2 is 1.60 bits per heavy atom. The maximum absolute atomic E-state index is 2.27. The van der Waals surface area contributed by atoms with Crippen molar-refractivity contribution in [1.82, 2.24) is 0 Å². The van der Waals surface area contributed by atoms with Crippen LogP contribution in [0, 0.1) is 0 Å². The van der Waals surface area contributed by atoms with E-state index in [4.69, 9.17) is 0 Å². The van der Waals surface area contributed by atoms with Gasteiger partial charge in [-0.25, -0.2) is 0 Å². The van der Waals surface area contributed by atoms with Crippen LogP contribution in [0.1, 0.15) is 38.2 Å². The van der Waals surface area contributed by atoms with Gasteiger partial charge >= 0.3 is 0 Å². The maximum Gasteiger partial charge on any atom is 0.130 e. The van der Waals surface area contributed by atoms with Gasteiger partial charge in [-0.1, -0.05) is 38.3 Å². The second-order valence-corrected chi connectivity index (χ2v) is 4.51. The SMILES string of the molecule is CCCCCCc1ccc([NH+](C)C)cc1. The molecule has 0 aliphatic rings. The van der Waals surface area contributed by atoms with Gasteiger partial charge in [-0.05, 0) is 30.5 Å². The van der Waals surface area contributed by atoms with Crippen LogP contribution in [0.4, 0.5) is 5.69 Å². The van der Waals surface area contributed by atoms with Crippen LogP contribution in [0.25, 0.3) is 0 Å². The van der Waals surface area contributed by atoms with Crippen molar-refractivity contribution in [2.24, 2.45) is 0 Å². The van der Waals surface area contributed by atoms with Crippen molar-refractivity contribution in [3.8, 4) is 0 Å². The average Bonchev–Trinajstić information content (AvgIpc) is 2.25. The molecule has 1 aromatic rings. The summed E-state index contributed by atoms with van der Waals surface area (Å²) in [5, 5.41) is 0. The molecule has 1 N–H and O–H groups in total. The molecule has 0 aliphatic carbocycles. The molecule has 0 unspecified atom stereocenters. The highest BCUT2D eigenvalue weighted by Gasteiger charge is 1.99. The van der Waals surface area contributed by atoms with Crippen molar-refractivity contribution in [1.29, 1.82) is 0 Å². The predicted octanol–water partition coefficient (Wildman–Crippen LogP) is 2.59. The summed E-state index contributed by atoms with van der Waals surface area (Å²) in [6, 6.07) is 9.03. The van der Waals surface area contributed by atoms with Gasteiger partial charge in [0.25, 0.3) is 0 Å². The standard InChI is InChI=1S/C14H23N/c1-4-5-6-7-8-13-9-11-14(12-10-13)15(2)3/h9-12H,4-8H2,1-3H3/p+1. The van der Waals surface area contributed by atoms with Crippen molar-refractivity contribution in [3.63, 3.8) is 0 Å². The highest BCUT2D eigenvalue weighted by Crippen LogP contribution is 2.10. The Morgan fingerprint density at radius 3 is 2.13 bits per heavy atom. The molecule has 15 heavy (non-hydrogen) atoms. The van der Waals surface area contributed by atoms with Crippen LogP contribution >= 0.6 is 0 Å². The summed E-state index contributed by atoms with van der Waals surface area (Å²) in [6.45, 7) is 2.26. The highest BCUT2D eigenvalue weighted by molar-refractivity contribution is 5.32. The van der Waals surface area contributed by atoms with Crippen molar-refractivity contribution < 1.29 is 4.90 Å². The molecule has 0 bridgehead atoms. The largest absolute Gasteiger partial charge is 0.307 e. The lowest BCUT2D eigenvalue weighted by atomic mass is 10.1. The van der Waals surface area contributed by atoms with E-state index < -0.39 is 0 Å². The fourth-order valence-corrected chi connectivity index (χ4v) is 1.76. The third-order valence-electron chi connectivity index (χ3n) is 2.85. The first kappa shape index (κ1) is 12.3. The Balaban J connectivity index is 2.36. The molecule has 1 heteroatoms. The van der Waals surface area contributed by atoms with E-state index in [0.717, 1.165) is 0 Å². The number of hydrogen-bond acceptors (Lipinski definition) is 0. The van der Waals surface area contributed by atoms with Gasteiger partial charge in [0.05, 0.1) is 14.1 Å². The van der Waals surface area contributed by atoms with Gasteiger partial charge in [0.2, 0.25) is 0 Å². The molecule has 1 rings (SSSR count). The molecular weight excluding hydrogens is 182 g/mol. The Morgan fingerprint density at radius 1 is 0.933 bits per heavy atom. The van der Waals surface area contributed by atoms with Crippen LogP contribution in [0.3, 0.4) is 0 Å². The zero-order chi connectivity index (χ0) is 11.1. The highest BCUT2D eigenvalue weighted by atomic mass is 15.1. The molecule has 0 aliphatic heterocycles. The van der Waals surface area contributed by atoms with Gasteiger partial charge in [-0.3, -0.25) is 0 Å². The van der Waals surface area contributed by atoms with Gasteiger partial charge in [0.15, 0.2) is 0 Å². The summed E-state index contributed by atoms with van der Waals surface area (Å²) < 4.78 is 0. The van der Waals surface area contributed by atoms with Gasteiger partial charge in [0, 0.05) is 0 Å². The smallest absolute Gasteiger partial charge is 0.130 e. The van der Waals surface area contributed by atoms with Gasteiger partial charge in [0.1, 0.15) is 5.69 Å². The number of rotatable bonds is 6. The van der Waals surface area contributed by atoms with Crippen LogP contribution in [0.2, 0.25) is 0 Å². The number of aryl methyl sites for hydroxylation is 1. The quantitative estimate of drug-likeness (QED) is 0.682. The molecular formula is C14H24N+. The second kappa shape index (κ2) is 6.62. The topological polar surface area (TPSA) is 4.44 Å². The zero-order valence-electron chi connectivity index (χ0n) is 10.3. The monoisotopic (exact) mass is 206 g/mol. The van der Waals surface area contributed by atoms with E-state index in [2.05, 4.69) is 45.3 Å². The van der Waals surface area contributed by atoms with Crippen LogP contribution in [0.5, 0.6) is 0 Å². The molecule has 0 radical (unpaired) electrons. The number of benzene rings is 1. The normalized spacial score (nSPS) is 10.9. The van der Waals surface area contributed by atoms with Crippen molar-refractivity contribution in [2.45, 2.75) is 39.0 Å². The number of quaternary nitrogens is 1. The summed E-state index contributed by atoms with van der Waals surface area (Å²) in [6.07, 6.45) is 6.64. The van der Waals surface area contributed by atoms with Crippen LogP contribution in [-0.4, -0.2) is 14.1 Å². The Labute approximate surface area is 94.1 Å². The third kappa shape index (κ3) is 4.48. The fraction of sp³-hybridized carbons (Fsp3) is 0.571. The van der Waals surface area contributed by atoms with Crippen molar-refractivity contribution in [2.75, 3.05) is 14.1 Å². The number of nitrogens with one attached hydrogen (secondary N) is 1. The first-order valence-corrected chi connectivity index (χ1v) is 6.13. The summed E-state index contributed by atoms with van der Waals surface area (Å²) in [5.74, 6) is 0. The second-order valence-electron chi connectivity index (χ2n) is 4.51. The molecule has 0 heterocycles. The molecule has 0 aromatic heterocycles. The third-order valence-corrected chi connectivity index (χ3v) is 2.85. The lowest BCUT2D eigenvalue weighted by molar-refractivity contribution is -0.786. The van der Waals surface area contributed by atoms with Crippen LogP contribution in [0.15, 0.2) is 24.3 Å². The minimum atomic E-state index is 1.24. The van der Waals surface area contributed by atoms with E-state index >= 15 is 0 Å².